The maximum Gasteiger partial charge on any atom is 0.212 e. The zero-order valence-electron chi connectivity index (χ0n) is 11.4. The van der Waals surface area contributed by atoms with Gasteiger partial charge in [0.25, 0.3) is 0 Å². The highest BCUT2D eigenvalue weighted by molar-refractivity contribution is 5.61. The Kier molecular flexibility index (Phi) is 3.98. The van der Waals surface area contributed by atoms with E-state index in [1.54, 1.807) is 0 Å². The zero-order valence-corrected chi connectivity index (χ0v) is 11.4. The summed E-state index contributed by atoms with van der Waals surface area (Å²) in [6.07, 6.45) is 2.08. The zero-order chi connectivity index (χ0) is 13.0. The fraction of sp³-hybridized carbons (Fsp3) is 0.312. The molecule has 2 heteroatoms. The summed E-state index contributed by atoms with van der Waals surface area (Å²) in [5.41, 5.74) is 3.79. The van der Waals surface area contributed by atoms with Crippen molar-refractivity contribution in [2.75, 3.05) is 18.0 Å². The predicted molar refractivity (Wildman–Crippen MR) is 76.6 cm³/mol. The van der Waals surface area contributed by atoms with E-state index in [4.69, 9.17) is 0 Å². The highest BCUT2D eigenvalue weighted by Crippen LogP contribution is 2.20. The third kappa shape index (κ3) is 2.53. The first-order chi connectivity index (χ1) is 8.76. The molecule has 0 saturated heterocycles. The largest absolute Gasteiger partial charge is 0.372 e. The van der Waals surface area contributed by atoms with Gasteiger partial charge in [0.2, 0.25) is 5.69 Å². The molecular formula is C16H21N2+. The maximum atomic E-state index is 2.36. The molecule has 2 rings (SSSR count). The van der Waals surface area contributed by atoms with Gasteiger partial charge in [0.05, 0.1) is 0 Å². The Balaban J connectivity index is 2.30. The van der Waals surface area contributed by atoms with Crippen LogP contribution in [0.3, 0.4) is 0 Å². The van der Waals surface area contributed by atoms with E-state index in [0.717, 1.165) is 13.1 Å². The molecule has 0 radical (unpaired) electrons. The SMILES string of the molecule is CCN(CC)c1ccc(-c2cccc[n+]2C)cc1. The average Bonchev–Trinajstić information content (AvgIpc) is 2.42. The van der Waals surface area contributed by atoms with Gasteiger partial charge >= 0.3 is 0 Å². The Labute approximate surface area is 110 Å². The van der Waals surface area contributed by atoms with Crippen molar-refractivity contribution in [3.05, 3.63) is 48.7 Å². The van der Waals surface area contributed by atoms with E-state index in [1.807, 2.05) is 6.07 Å². The molecule has 0 fully saturated rings. The maximum absolute atomic E-state index is 2.36. The minimum absolute atomic E-state index is 1.05. The Morgan fingerprint density at radius 2 is 1.61 bits per heavy atom. The lowest BCUT2D eigenvalue weighted by molar-refractivity contribution is -0.660. The topological polar surface area (TPSA) is 7.12 Å². The van der Waals surface area contributed by atoms with Crippen molar-refractivity contribution in [3.8, 4) is 11.3 Å². The molecule has 2 aromatic rings. The van der Waals surface area contributed by atoms with Gasteiger partial charge in [-0.2, -0.15) is 0 Å². The molecule has 0 atom stereocenters. The predicted octanol–water partition coefficient (Wildman–Crippen LogP) is 3.02. The smallest absolute Gasteiger partial charge is 0.212 e. The molecule has 0 N–H and O–H groups in total. The lowest BCUT2D eigenvalue weighted by Crippen LogP contribution is -2.29. The molecule has 0 bridgehead atoms. The number of nitrogens with zero attached hydrogens (tertiary/aromatic N) is 2. The summed E-state index contributed by atoms with van der Waals surface area (Å²) in [6.45, 7) is 6.48. The molecule has 0 saturated carbocycles. The molecule has 1 aromatic heterocycles. The molecule has 0 aliphatic carbocycles. The van der Waals surface area contributed by atoms with Gasteiger partial charge in [-0.05, 0) is 44.2 Å². The van der Waals surface area contributed by atoms with E-state index in [1.165, 1.54) is 16.9 Å². The highest BCUT2D eigenvalue weighted by Gasteiger charge is 2.08. The van der Waals surface area contributed by atoms with E-state index < -0.39 is 0 Å². The van der Waals surface area contributed by atoms with Crippen LogP contribution in [0.4, 0.5) is 5.69 Å². The molecular weight excluding hydrogens is 220 g/mol. The van der Waals surface area contributed by atoms with Crippen LogP contribution in [0, 0.1) is 0 Å². The van der Waals surface area contributed by atoms with Gasteiger partial charge in [0, 0.05) is 36.5 Å². The van der Waals surface area contributed by atoms with E-state index in [-0.39, 0.29) is 0 Å². The minimum Gasteiger partial charge on any atom is -0.372 e. The number of aryl methyl sites for hydroxylation is 1. The Morgan fingerprint density at radius 3 is 2.17 bits per heavy atom. The van der Waals surface area contributed by atoms with Crippen LogP contribution in [0.25, 0.3) is 11.3 Å². The Morgan fingerprint density at radius 1 is 0.944 bits per heavy atom. The lowest BCUT2D eigenvalue weighted by atomic mass is 10.1. The van der Waals surface area contributed by atoms with Gasteiger partial charge < -0.3 is 4.90 Å². The minimum atomic E-state index is 1.05. The summed E-state index contributed by atoms with van der Waals surface area (Å²) in [6, 6.07) is 15.1. The number of benzene rings is 1. The number of pyridine rings is 1. The van der Waals surface area contributed by atoms with Crippen LogP contribution >= 0.6 is 0 Å². The van der Waals surface area contributed by atoms with Gasteiger partial charge in [-0.15, -0.1) is 0 Å². The number of rotatable bonds is 4. The van der Waals surface area contributed by atoms with Gasteiger partial charge in [-0.1, -0.05) is 0 Å². The molecule has 0 aliphatic rings. The number of aromatic nitrogens is 1. The lowest BCUT2D eigenvalue weighted by Gasteiger charge is -2.20. The van der Waals surface area contributed by atoms with E-state index in [0.29, 0.717) is 0 Å². The van der Waals surface area contributed by atoms with Crippen LogP contribution in [0.1, 0.15) is 13.8 Å². The quantitative estimate of drug-likeness (QED) is 0.746. The van der Waals surface area contributed by atoms with E-state index in [2.05, 4.69) is 73.0 Å². The number of hydrogen-bond donors (Lipinski definition) is 0. The van der Waals surface area contributed by atoms with Crippen LogP contribution in [-0.4, -0.2) is 13.1 Å². The van der Waals surface area contributed by atoms with Gasteiger partial charge in [-0.3, -0.25) is 0 Å². The standard InChI is InChI=1S/C16H21N2/c1-4-18(5-2)15-11-9-14(10-12-15)16-8-6-7-13-17(16)3/h6-13H,4-5H2,1-3H3/q+1. The molecule has 94 valence electrons. The third-order valence-corrected chi connectivity index (χ3v) is 3.35. The molecule has 0 aliphatic heterocycles. The van der Waals surface area contributed by atoms with Crippen molar-refractivity contribution in [2.24, 2.45) is 7.05 Å². The van der Waals surface area contributed by atoms with Crippen LogP contribution in [0.15, 0.2) is 48.7 Å². The fourth-order valence-corrected chi connectivity index (χ4v) is 2.25. The average molecular weight is 241 g/mol. The second-order valence-electron chi connectivity index (χ2n) is 4.42. The van der Waals surface area contributed by atoms with Crippen LogP contribution in [-0.2, 0) is 7.05 Å². The van der Waals surface area contributed by atoms with Crippen LogP contribution < -0.4 is 9.47 Å². The van der Waals surface area contributed by atoms with Gasteiger partial charge in [0.1, 0.15) is 7.05 Å². The van der Waals surface area contributed by atoms with Crippen molar-refractivity contribution >= 4 is 5.69 Å². The second kappa shape index (κ2) is 5.67. The molecule has 2 nitrogen and oxygen atoms in total. The van der Waals surface area contributed by atoms with Crippen molar-refractivity contribution in [3.63, 3.8) is 0 Å². The van der Waals surface area contributed by atoms with E-state index >= 15 is 0 Å². The molecule has 0 spiro atoms. The highest BCUT2D eigenvalue weighted by atomic mass is 15.1. The summed E-state index contributed by atoms with van der Waals surface area (Å²) in [4.78, 5) is 2.36. The molecule has 1 heterocycles. The van der Waals surface area contributed by atoms with Gasteiger partial charge in [0.15, 0.2) is 6.20 Å². The first-order valence-electron chi connectivity index (χ1n) is 6.56. The summed E-state index contributed by atoms with van der Waals surface area (Å²) in [7, 11) is 2.08. The molecule has 1 aromatic carbocycles. The molecule has 0 unspecified atom stereocenters. The van der Waals surface area contributed by atoms with Crippen LogP contribution in [0.5, 0.6) is 0 Å². The van der Waals surface area contributed by atoms with Crippen LogP contribution in [0.2, 0.25) is 0 Å². The summed E-state index contributed by atoms with van der Waals surface area (Å²) < 4.78 is 2.15. The summed E-state index contributed by atoms with van der Waals surface area (Å²) >= 11 is 0. The third-order valence-electron chi connectivity index (χ3n) is 3.35. The first-order valence-corrected chi connectivity index (χ1v) is 6.56. The number of hydrogen-bond acceptors (Lipinski definition) is 1. The molecule has 18 heavy (non-hydrogen) atoms. The second-order valence-corrected chi connectivity index (χ2v) is 4.42. The summed E-state index contributed by atoms with van der Waals surface area (Å²) in [5, 5.41) is 0. The van der Waals surface area contributed by atoms with Gasteiger partial charge in [-0.25, -0.2) is 4.57 Å². The normalized spacial score (nSPS) is 10.4. The monoisotopic (exact) mass is 241 g/mol. The van der Waals surface area contributed by atoms with Crippen molar-refractivity contribution in [1.82, 2.24) is 0 Å². The summed E-state index contributed by atoms with van der Waals surface area (Å²) in [5.74, 6) is 0. The van der Waals surface area contributed by atoms with Crippen molar-refractivity contribution < 1.29 is 4.57 Å². The van der Waals surface area contributed by atoms with Crippen molar-refractivity contribution in [1.29, 1.82) is 0 Å². The fourth-order valence-electron chi connectivity index (χ4n) is 2.25. The number of anilines is 1. The first kappa shape index (κ1) is 12.6. The molecule has 0 amide bonds. The Hall–Kier alpha value is -1.83. The Bertz CT molecular complexity index is 499. The van der Waals surface area contributed by atoms with Crippen molar-refractivity contribution in [2.45, 2.75) is 13.8 Å². The van der Waals surface area contributed by atoms with E-state index in [9.17, 15) is 0 Å².